The van der Waals surface area contributed by atoms with E-state index >= 15 is 0 Å². The van der Waals surface area contributed by atoms with Crippen molar-refractivity contribution in [3.8, 4) is 5.75 Å². The average Bonchev–Trinajstić information content (AvgIpc) is 3.01. The molecule has 1 atom stereocenters. The molecule has 6 heteroatoms. The van der Waals surface area contributed by atoms with E-state index in [2.05, 4.69) is 15.8 Å². The van der Waals surface area contributed by atoms with Crippen molar-refractivity contribution in [2.24, 2.45) is 5.10 Å². The van der Waals surface area contributed by atoms with Gasteiger partial charge in [-0.15, -0.1) is 0 Å². The second kappa shape index (κ2) is 7.14. The van der Waals surface area contributed by atoms with Gasteiger partial charge in [-0.1, -0.05) is 12.1 Å². The van der Waals surface area contributed by atoms with Gasteiger partial charge >= 0.3 is 0 Å². The zero-order valence-electron chi connectivity index (χ0n) is 11.9. The van der Waals surface area contributed by atoms with Crippen LogP contribution in [0.4, 0.5) is 5.69 Å². The number of nitrogens with one attached hydrogen (secondary N) is 2. The van der Waals surface area contributed by atoms with E-state index in [-0.39, 0.29) is 5.91 Å². The van der Waals surface area contributed by atoms with Crippen LogP contribution in [-0.4, -0.2) is 25.3 Å². The van der Waals surface area contributed by atoms with Crippen LogP contribution in [-0.2, 0) is 4.79 Å². The predicted molar refractivity (Wildman–Crippen MR) is 80.5 cm³/mol. The van der Waals surface area contributed by atoms with Gasteiger partial charge in [-0.25, -0.2) is 5.43 Å². The van der Waals surface area contributed by atoms with Crippen molar-refractivity contribution in [2.45, 2.75) is 13.0 Å². The van der Waals surface area contributed by atoms with E-state index in [9.17, 15) is 4.79 Å². The van der Waals surface area contributed by atoms with E-state index in [0.29, 0.717) is 11.5 Å². The Morgan fingerprint density at radius 3 is 2.86 bits per heavy atom. The third-order valence-electron chi connectivity index (χ3n) is 2.78. The monoisotopic (exact) mass is 287 g/mol. The number of ether oxygens (including phenoxy) is 1. The van der Waals surface area contributed by atoms with E-state index in [0.717, 1.165) is 5.69 Å². The molecule has 2 aromatic rings. The Hall–Kier alpha value is -2.76. The van der Waals surface area contributed by atoms with Crippen LogP contribution in [0, 0.1) is 0 Å². The molecule has 2 rings (SSSR count). The highest BCUT2D eigenvalue weighted by Crippen LogP contribution is 2.23. The van der Waals surface area contributed by atoms with Gasteiger partial charge in [0.2, 0.25) is 0 Å². The summed E-state index contributed by atoms with van der Waals surface area (Å²) in [5.41, 5.74) is 3.19. The Morgan fingerprint density at radius 1 is 1.33 bits per heavy atom. The number of methoxy groups -OCH3 is 1. The molecular weight excluding hydrogens is 270 g/mol. The summed E-state index contributed by atoms with van der Waals surface area (Å²) in [6.07, 6.45) is 2.97. The Morgan fingerprint density at radius 2 is 2.14 bits per heavy atom. The lowest BCUT2D eigenvalue weighted by Crippen LogP contribution is -2.35. The summed E-state index contributed by atoms with van der Waals surface area (Å²) in [4.78, 5) is 11.9. The van der Waals surface area contributed by atoms with Crippen molar-refractivity contribution < 1.29 is 13.9 Å². The molecule has 21 heavy (non-hydrogen) atoms. The zero-order chi connectivity index (χ0) is 15.1. The lowest BCUT2D eigenvalue weighted by molar-refractivity contribution is -0.121. The van der Waals surface area contributed by atoms with Crippen molar-refractivity contribution in [3.63, 3.8) is 0 Å². The molecule has 0 spiro atoms. The molecule has 6 nitrogen and oxygen atoms in total. The van der Waals surface area contributed by atoms with Crippen LogP contribution < -0.4 is 15.5 Å². The number of carbonyl (C=O) groups excluding carboxylic acids is 1. The Labute approximate surface area is 122 Å². The second-order valence-electron chi connectivity index (χ2n) is 4.32. The Kier molecular flexibility index (Phi) is 4.98. The summed E-state index contributed by atoms with van der Waals surface area (Å²) in [7, 11) is 1.58. The maximum atomic E-state index is 11.9. The van der Waals surface area contributed by atoms with Gasteiger partial charge in [-0.2, -0.15) is 5.10 Å². The molecule has 2 N–H and O–H groups in total. The standard InChI is InChI=1S/C15H17N3O3/c1-11(17-13-7-3-4-8-14(13)20-2)15(19)18-16-10-12-6-5-9-21-12/h3-11,17H,1-2H3,(H,18,19)/b16-10+. The number of amides is 1. The van der Waals surface area contributed by atoms with E-state index < -0.39 is 6.04 Å². The predicted octanol–water partition coefficient (Wildman–Crippen LogP) is 2.24. The lowest BCUT2D eigenvalue weighted by atomic mass is 10.2. The van der Waals surface area contributed by atoms with Crippen molar-refractivity contribution in [1.82, 2.24) is 5.43 Å². The molecule has 0 aliphatic rings. The van der Waals surface area contributed by atoms with Crippen LogP contribution in [0.25, 0.3) is 0 Å². The summed E-state index contributed by atoms with van der Waals surface area (Å²) < 4.78 is 10.3. The fraction of sp³-hybridized carbons (Fsp3) is 0.200. The van der Waals surface area contributed by atoms with E-state index in [1.165, 1.54) is 12.5 Å². The van der Waals surface area contributed by atoms with Crippen LogP contribution in [0.15, 0.2) is 52.2 Å². The van der Waals surface area contributed by atoms with E-state index in [1.54, 1.807) is 26.2 Å². The number of para-hydroxylation sites is 2. The maximum Gasteiger partial charge on any atom is 0.262 e. The minimum absolute atomic E-state index is 0.260. The normalized spacial score (nSPS) is 12.1. The van der Waals surface area contributed by atoms with Gasteiger partial charge in [0, 0.05) is 0 Å². The van der Waals surface area contributed by atoms with Crippen LogP contribution in [0.3, 0.4) is 0 Å². The van der Waals surface area contributed by atoms with Gasteiger partial charge in [-0.05, 0) is 31.2 Å². The number of rotatable bonds is 6. The molecule has 0 radical (unpaired) electrons. The fourth-order valence-corrected chi connectivity index (χ4v) is 1.68. The number of anilines is 1. The highest BCUT2D eigenvalue weighted by atomic mass is 16.5. The minimum Gasteiger partial charge on any atom is -0.495 e. The second-order valence-corrected chi connectivity index (χ2v) is 4.32. The lowest BCUT2D eigenvalue weighted by Gasteiger charge is -2.15. The fourth-order valence-electron chi connectivity index (χ4n) is 1.68. The summed E-state index contributed by atoms with van der Waals surface area (Å²) in [5.74, 6) is 0.987. The van der Waals surface area contributed by atoms with Crippen molar-refractivity contribution >= 4 is 17.8 Å². The molecule has 0 fully saturated rings. The number of hydrazone groups is 1. The summed E-state index contributed by atoms with van der Waals surface area (Å²) in [6, 6.07) is 10.4. The molecule has 0 saturated carbocycles. The first-order valence-electron chi connectivity index (χ1n) is 6.46. The molecule has 1 aromatic carbocycles. The quantitative estimate of drug-likeness (QED) is 0.631. The number of furan rings is 1. The average molecular weight is 287 g/mol. The largest absolute Gasteiger partial charge is 0.495 e. The highest BCUT2D eigenvalue weighted by molar-refractivity contribution is 5.86. The van der Waals surface area contributed by atoms with Crippen LogP contribution in [0.1, 0.15) is 12.7 Å². The first-order chi connectivity index (χ1) is 10.2. The first-order valence-corrected chi connectivity index (χ1v) is 6.46. The van der Waals surface area contributed by atoms with Gasteiger partial charge in [0.05, 0.1) is 25.3 Å². The third-order valence-corrected chi connectivity index (χ3v) is 2.78. The molecule has 0 aliphatic carbocycles. The molecule has 1 amide bonds. The molecule has 0 bridgehead atoms. The molecular formula is C15H17N3O3. The van der Waals surface area contributed by atoms with Gasteiger partial charge < -0.3 is 14.5 Å². The topological polar surface area (TPSA) is 75.9 Å². The molecule has 1 unspecified atom stereocenters. The first kappa shape index (κ1) is 14.6. The summed E-state index contributed by atoms with van der Waals surface area (Å²) in [5, 5.41) is 6.90. The van der Waals surface area contributed by atoms with Gasteiger partial charge in [0.25, 0.3) is 5.91 Å². The van der Waals surface area contributed by atoms with Gasteiger partial charge in [0.1, 0.15) is 17.6 Å². The number of carbonyl (C=O) groups is 1. The van der Waals surface area contributed by atoms with Gasteiger partial charge in [0.15, 0.2) is 0 Å². The molecule has 0 saturated heterocycles. The zero-order valence-corrected chi connectivity index (χ0v) is 11.9. The SMILES string of the molecule is COc1ccccc1NC(C)C(=O)N/N=C/c1ccco1. The van der Waals surface area contributed by atoms with Gasteiger partial charge in [-0.3, -0.25) is 4.79 Å². The number of benzene rings is 1. The molecule has 1 aromatic heterocycles. The summed E-state index contributed by atoms with van der Waals surface area (Å²) in [6.45, 7) is 1.74. The third kappa shape index (κ3) is 4.10. The molecule has 0 aliphatic heterocycles. The van der Waals surface area contributed by atoms with Crippen LogP contribution >= 0.6 is 0 Å². The summed E-state index contributed by atoms with van der Waals surface area (Å²) >= 11 is 0. The Balaban J connectivity index is 1.90. The van der Waals surface area contributed by atoms with E-state index in [4.69, 9.17) is 9.15 Å². The van der Waals surface area contributed by atoms with Crippen LogP contribution in [0.5, 0.6) is 5.75 Å². The van der Waals surface area contributed by atoms with Crippen LogP contribution in [0.2, 0.25) is 0 Å². The number of hydrogen-bond donors (Lipinski definition) is 2. The number of nitrogens with zero attached hydrogens (tertiary/aromatic N) is 1. The number of hydrogen-bond acceptors (Lipinski definition) is 5. The van der Waals surface area contributed by atoms with Crippen molar-refractivity contribution in [2.75, 3.05) is 12.4 Å². The van der Waals surface area contributed by atoms with E-state index in [1.807, 2.05) is 24.3 Å². The maximum absolute atomic E-state index is 11.9. The Bertz CT molecular complexity index is 608. The minimum atomic E-state index is -0.463. The molecule has 110 valence electrons. The smallest absolute Gasteiger partial charge is 0.262 e. The van der Waals surface area contributed by atoms with Crippen molar-refractivity contribution in [1.29, 1.82) is 0 Å². The molecule has 1 heterocycles. The van der Waals surface area contributed by atoms with Crippen molar-refractivity contribution in [3.05, 3.63) is 48.4 Å². The highest BCUT2D eigenvalue weighted by Gasteiger charge is 2.13.